The van der Waals surface area contributed by atoms with E-state index >= 15 is 0 Å². The van der Waals surface area contributed by atoms with Crippen molar-refractivity contribution >= 4 is 0 Å². The molecule has 0 saturated heterocycles. The number of nitrogens with one attached hydrogen (secondary N) is 1. The van der Waals surface area contributed by atoms with Crippen LogP contribution in [0.3, 0.4) is 0 Å². The van der Waals surface area contributed by atoms with E-state index in [4.69, 9.17) is 0 Å². The van der Waals surface area contributed by atoms with Gasteiger partial charge in [0, 0.05) is 6.04 Å². The van der Waals surface area contributed by atoms with Crippen LogP contribution in [-0.4, -0.2) is 6.54 Å². The molecule has 2 atom stereocenters. The average Bonchev–Trinajstić information content (AvgIpc) is 2.35. The molecular formula is C17H29N. The van der Waals surface area contributed by atoms with Crippen LogP contribution in [0.4, 0.5) is 0 Å². The molecule has 0 amide bonds. The predicted octanol–water partition coefficient (Wildman–Crippen LogP) is 4.78. The molecule has 0 bridgehead atoms. The monoisotopic (exact) mass is 247 g/mol. The lowest BCUT2D eigenvalue weighted by Crippen LogP contribution is -2.28. The Labute approximate surface area is 113 Å². The van der Waals surface area contributed by atoms with Crippen LogP contribution in [0.1, 0.15) is 62.8 Å². The van der Waals surface area contributed by atoms with Gasteiger partial charge in [-0.1, -0.05) is 45.4 Å². The molecule has 2 unspecified atom stereocenters. The van der Waals surface area contributed by atoms with Crippen molar-refractivity contribution in [3.8, 4) is 0 Å². The minimum atomic E-state index is 0.504. The van der Waals surface area contributed by atoms with Gasteiger partial charge in [-0.25, -0.2) is 0 Å². The summed E-state index contributed by atoms with van der Waals surface area (Å²) >= 11 is 0. The molecule has 102 valence electrons. The number of benzene rings is 1. The van der Waals surface area contributed by atoms with Crippen LogP contribution >= 0.6 is 0 Å². The summed E-state index contributed by atoms with van der Waals surface area (Å²) in [5, 5.41) is 3.74. The molecule has 0 aliphatic heterocycles. The van der Waals surface area contributed by atoms with Crippen LogP contribution in [0.25, 0.3) is 0 Å². The standard InChI is InChI=1S/C17H29N/c1-6-9-14(4)17(18-12-7-2)16-11-8-10-13(3)15(16)5/h8,10-11,14,17-18H,6-7,9,12H2,1-5H3. The van der Waals surface area contributed by atoms with Gasteiger partial charge in [-0.3, -0.25) is 0 Å². The second-order valence-electron chi connectivity index (χ2n) is 5.49. The van der Waals surface area contributed by atoms with E-state index < -0.39 is 0 Å². The molecule has 0 heterocycles. The second-order valence-corrected chi connectivity index (χ2v) is 5.49. The van der Waals surface area contributed by atoms with E-state index in [1.165, 1.54) is 36.0 Å². The molecule has 0 aliphatic rings. The highest BCUT2D eigenvalue weighted by atomic mass is 14.9. The number of hydrogen-bond donors (Lipinski definition) is 1. The zero-order valence-electron chi connectivity index (χ0n) is 12.7. The Morgan fingerprint density at radius 1 is 1.11 bits per heavy atom. The fourth-order valence-electron chi connectivity index (χ4n) is 2.65. The maximum absolute atomic E-state index is 3.74. The van der Waals surface area contributed by atoms with Crippen LogP contribution in [-0.2, 0) is 0 Å². The fourth-order valence-corrected chi connectivity index (χ4v) is 2.65. The van der Waals surface area contributed by atoms with Gasteiger partial charge in [-0.15, -0.1) is 0 Å². The topological polar surface area (TPSA) is 12.0 Å². The quantitative estimate of drug-likeness (QED) is 0.731. The number of hydrogen-bond acceptors (Lipinski definition) is 1. The molecule has 1 aromatic rings. The summed E-state index contributed by atoms with van der Waals surface area (Å²) in [4.78, 5) is 0. The van der Waals surface area contributed by atoms with E-state index in [-0.39, 0.29) is 0 Å². The first-order valence-corrected chi connectivity index (χ1v) is 7.41. The Morgan fingerprint density at radius 2 is 1.83 bits per heavy atom. The molecule has 18 heavy (non-hydrogen) atoms. The molecule has 1 N–H and O–H groups in total. The van der Waals surface area contributed by atoms with E-state index in [0.717, 1.165) is 6.54 Å². The van der Waals surface area contributed by atoms with Crippen LogP contribution in [0, 0.1) is 19.8 Å². The SMILES string of the molecule is CCCNC(c1cccc(C)c1C)C(C)CCC. The molecular weight excluding hydrogens is 218 g/mol. The highest BCUT2D eigenvalue weighted by molar-refractivity contribution is 5.35. The predicted molar refractivity (Wildman–Crippen MR) is 81.0 cm³/mol. The van der Waals surface area contributed by atoms with Crippen molar-refractivity contribution in [3.05, 3.63) is 34.9 Å². The van der Waals surface area contributed by atoms with Crippen LogP contribution < -0.4 is 5.32 Å². The molecule has 1 rings (SSSR count). The minimum absolute atomic E-state index is 0.504. The lowest BCUT2D eigenvalue weighted by atomic mass is 9.87. The Kier molecular flexibility index (Phi) is 6.42. The lowest BCUT2D eigenvalue weighted by Gasteiger charge is -2.27. The van der Waals surface area contributed by atoms with Crippen molar-refractivity contribution < 1.29 is 0 Å². The van der Waals surface area contributed by atoms with Crippen molar-refractivity contribution in [2.45, 2.75) is 59.9 Å². The number of aryl methyl sites for hydroxylation is 1. The summed E-state index contributed by atoms with van der Waals surface area (Å²) in [5.74, 6) is 0.696. The lowest BCUT2D eigenvalue weighted by molar-refractivity contribution is 0.362. The molecule has 0 spiro atoms. The van der Waals surface area contributed by atoms with Gasteiger partial charge in [-0.05, 0) is 55.8 Å². The third-order valence-electron chi connectivity index (χ3n) is 3.91. The van der Waals surface area contributed by atoms with E-state index in [2.05, 4.69) is 58.1 Å². The molecule has 0 aromatic heterocycles. The van der Waals surface area contributed by atoms with Gasteiger partial charge in [-0.2, -0.15) is 0 Å². The first kappa shape index (κ1) is 15.2. The highest BCUT2D eigenvalue weighted by Crippen LogP contribution is 2.29. The summed E-state index contributed by atoms with van der Waals surface area (Å²) in [6, 6.07) is 7.20. The zero-order chi connectivity index (χ0) is 13.5. The van der Waals surface area contributed by atoms with Crippen molar-refractivity contribution in [2.24, 2.45) is 5.92 Å². The van der Waals surface area contributed by atoms with Crippen LogP contribution in [0.15, 0.2) is 18.2 Å². The van der Waals surface area contributed by atoms with Gasteiger partial charge in [0.15, 0.2) is 0 Å². The first-order chi connectivity index (χ1) is 8.61. The van der Waals surface area contributed by atoms with Crippen molar-refractivity contribution in [1.82, 2.24) is 5.32 Å². The highest BCUT2D eigenvalue weighted by Gasteiger charge is 2.19. The van der Waals surface area contributed by atoms with E-state index in [0.29, 0.717) is 12.0 Å². The fraction of sp³-hybridized carbons (Fsp3) is 0.647. The third kappa shape index (κ3) is 3.84. The molecule has 0 saturated carbocycles. The normalized spacial score (nSPS) is 14.5. The van der Waals surface area contributed by atoms with Gasteiger partial charge in [0.1, 0.15) is 0 Å². The maximum Gasteiger partial charge on any atom is 0.0348 e. The Balaban J connectivity index is 2.97. The van der Waals surface area contributed by atoms with Crippen molar-refractivity contribution in [1.29, 1.82) is 0 Å². The summed E-state index contributed by atoms with van der Waals surface area (Å²) in [6.45, 7) is 12.4. The smallest absolute Gasteiger partial charge is 0.0348 e. The average molecular weight is 247 g/mol. The minimum Gasteiger partial charge on any atom is -0.310 e. The van der Waals surface area contributed by atoms with Crippen molar-refractivity contribution in [3.63, 3.8) is 0 Å². The third-order valence-corrected chi connectivity index (χ3v) is 3.91. The van der Waals surface area contributed by atoms with Crippen LogP contribution in [0.2, 0.25) is 0 Å². The number of rotatable bonds is 7. The molecule has 0 radical (unpaired) electrons. The van der Waals surface area contributed by atoms with Gasteiger partial charge < -0.3 is 5.32 Å². The Hall–Kier alpha value is -0.820. The summed E-state index contributed by atoms with van der Waals surface area (Å²) in [7, 11) is 0. The Morgan fingerprint density at radius 3 is 2.44 bits per heavy atom. The van der Waals surface area contributed by atoms with Gasteiger partial charge in [0.2, 0.25) is 0 Å². The summed E-state index contributed by atoms with van der Waals surface area (Å²) in [5.41, 5.74) is 4.35. The zero-order valence-corrected chi connectivity index (χ0v) is 12.7. The largest absolute Gasteiger partial charge is 0.310 e. The summed E-state index contributed by atoms with van der Waals surface area (Å²) < 4.78 is 0. The maximum atomic E-state index is 3.74. The van der Waals surface area contributed by atoms with Crippen LogP contribution in [0.5, 0.6) is 0 Å². The molecule has 1 aromatic carbocycles. The van der Waals surface area contributed by atoms with Crippen molar-refractivity contribution in [2.75, 3.05) is 6.54 Å². The molecule has 0 aliphatic carbocycles. The Bertz CT molecular complexity index is 357. The summed E-state index contributed by atoms with van der Waals surface area (Å²) in [6.07, 6.45) is 3.74. The van der Waals surface area contributed by atoms with E-state index in [1.807, 2.05) is 0 Å². The second kappa shape index (κ2) is 7.58. The van der Waals surface area contributed by atoms with Gasteiger partial charge in [0.25, 0.3) is 0 Å². The van der Waals surface area contributed by atoms with Gasteiger partial charge in [0.05, 0.1) is 0 Å². The van der Waals surface area contributed by atoms with E-state index in [9.17, 15) is 0 Å². The molecule has 1 heteroatoms. The molecule has 0 fully saturated rings. The first-order valence-electron chi connectivity index (χ1n) is 7.41. The van der Waals surface area contributed by atoms with E-state index in [1.54, 1.807) is 0 Å². The van der Waals surface area contributed by atoms with Gasteiger partial charge >= 0.3 is 0 Å². The molecule has 1 nitrogen and oxygen atoms in total.